The molecule has 0 amide bonds. The first-order valence-electron chi connectivity index (χ1n) is 3.39. The van der Waals surface area contributed by atoms with Crippen LogP contribution in [0.2, 0.25) is 0 Å². The maximum absolute atomic E-state index is 10.8. The van der Waals surface area contributed by atoms with Gasteiger partial charge in [-0.3, -0.25) is 0 Å². The van der Waals surface area contributed by atoms with Crippen molar-refractivity contribution >= 4 is 21.4 Å². The van der Waals surface area contributed by atoms with Crippen LogP contribution in [0.5, 0.6) is 0 Å². The van der Waals surface area contributed by atoms with Gasteiger partial charge in [-0.1, -0.05) is 6.92 Å². The van der Waals surface area contributed by atoms with E-state index in [9.17, 15) is 8.42 Å². The van der Waals surface area contributed by atoms with Gasteiger partial charge in [-0.15, -0.1) is 11.6 Å². The van der Waals surface area contributed by atoms with Crippen molar-refractivity contribution in [1.29, 1.82) is 0 Å². The molecule has 0 bridgehead atoms. The quantitative estimate of drug-likeness (QED) is 0.479. The number of rotatable bonds is 5. The minimum absolute atomic E-state index is 0.245. The zero-order valence-electron chi connectivity index (χ0n) is 6.14. The molecule has 2 nitrogen and oxygen atoms in total. The molecule has 62 valence electrons. The summed E-state index contributed by atoms with van der Waals surface area (Å²) in [5.41, 5.74) is 0. The summed E-state index contributed by atoms with van der Waals surface area (Å²) in [5.74, 6) is 1.09. The van der Waals surface area contributed by atoms with Gasteiger partial charge < -0.3 is 0 Å². The van der Waals surface area contributed by atoms with Crippen LogP contribution in [-0.4, -0.2) is 25.8 Å². The third-order valence-corrected chi connectivity index (χ3v) is 3.34. The van der Waals surface area contributed by atoms with Gasteiger partial charge in [0.2, 0.25) is 0 Å². The first kappa shape index (κ1) is 10.2. The third kappa shape index (κ3) is 5.06. The average Bonchev–Trinajstić information content (AvgIpc) is 1.89. The second-order valence-electron chi connectivity index (χ2n) is 2.13. The van der Waals surface area contributed by atoms with Crippen molar-refractivity contribution in [3.63, 3.8) is 0 Å². The second kappa shape index (κ2) is 4.97. The van der Waals surface area contributed by atoms with E-state index in [0.29, 0.717) is 12.3 Å². The summed E-state index contributed by atoms with van der Waals surface area (Å²) in [6.45, 7) is 1.66. The van der Waals surface area contributed by atoms with Crippen molar-refractivity contribution in [3.05, 3.63) is 0 Å². The molecule has 0 saturated carbocycles. The zero-order valence-corrected chi connectivity index (χ0v) is 7.71. The van der Waals surface area contributed by atoms with Crippen LogP contribution in [0.1, 0.15) is 19.8 Å². The standard InChI is InChI=1S/C6H13ClO2S/c1-2-10(8,9)6-4-3-5-7/h2-6H2,1H3. The summed E-state index contributed by atoms with van der Waals surface area (Å²) in [5, 5.41) is 0. The molecule has 0 aliphatic carbocycles. The molecular weight excluding hydrogens is 172 g/mol. The molecular formula is C6H13ClO2S. The van der Waals surface area contributed by atoms with Gasteiger partial charge in [0.15, 0.2) is 0 Å². The van der Waals surface area contributed by atoms with E-state index in [-0.39, 0.29) is 11.5 Å². The lowest BCUT2D eigenvalue weighted by Gasteiger charge is -1.97. The SMILES string of the molecule is CCS(=O)(=O)CCCCCl. The normalized spacial score (nSPS) is 11.8. The fourth-order valence-corrected chi connectivity index (χ4v) is 1.68. The topological polar surface area (TPSA) is 34.1 Å². The Balaban J connectivity index is 3.49. The number of hydrogen-bond acceptors (Lipinski definition) is 2. The average molecular weight is 185 g/mol. The van der Waals surface area contributed by atoms with E-state index in [0.717, 1.165) is 6.42 Å². The first-order chi connectivity index (χ1) is 4.62. The summed E-state index contributed by atoms with van der Waals surface area (Å²) < 4.78 is 21.7. The molecule has 0 aromatic rings. The molecule has 0 rings (SSSR count). The largest absolute Gasteiger partial charge is 0.229 e. The molecule has 0 heterocycles. The predicted molar refractivity (Wildman–Crippen MR) is 44.3 cm³/mol. The number of unbranched alkanes of at least 4 members (excludes halogenated alkanes) is 1. The van der Waals surface area contributed by atoms with Gasteiger partial charge in [0.05, 0.1) is 5.75 Å². The highest BCUT2D eigenvalue weighted by atomic mass is 35.5. The van der Waals surface area contributed by atoms with Gasteiger partial charge in [-0.2, -0.15) is 0 Å². The van der Waals surface area contributed by atoms with Crippen molar-refractivity contribution < 1.29 is 8.42 Å². The summed E-state index contributed by atoms with van der Waals surface area (Å²) >= 11 is 5.38. The van der Waals surface area contributed by atoms with Crippen LogP contribution < -0.4 is 0 Å². The fourth-order valence-electron chi connectivity index (χ4n) is 0.561. The highest BCUT2D eigenvalue weighted by molar-refractivity contribution is 7.91. The predicted octanol–water partition coefficient (Wildman–Crippen LogP) is 1.44. The van der Waals surface area contributed by atoms with Crippen LogP contribution in [0.25, 0.3) is 0 Å². The molecule has 0 N–H and O–H groups in total. The highest BCUT2D eigenvalue weighted by Crippen LogP contribution is 1.97. The van der Waals surface area contributed by atoms with E-state index in [1.54, 1.807) is 6.92 Å². The summed E-state index contributed by atoms with van der Waals surface area (Å²) in [6, 6.07) is 0. The van der Waals surface area contributed by atoms with E-state index in [2.05, 4.69) is 0 Å². The van der Waals surface area contributed by atoms with E-state index in [1.807, 2.05) is 0 Å². The molecule has 0 fully saturated rings. The van der Waals surface area contributed by atoms with Crippen LogP contribution in [0.15, 0.2) is 0 Å². The Kier molecular flexibility index (Phi) is 5.09. The Bertz CT molecular complexity index is 163. The lowest BCUT2D eigenvalue weighted by molar-refractivity contribution is 0.594. The molecule has 0 spiro atoms. The van der Waals surface area contributed by atoms with Crippen LogP contribution in [0.3, 0.4) is 0 Å². The highest BCUT2D eigenvalue weighted by Gasteiger charge is 2.04. The van der Waals surface area contributed by atoms with Gasteiger partial charge in [0, 0.05) is 11.6 Å². The van der Waals surface area contributed by atoms with Crippen LogP contribution >= 0.6 is 11.6 Å². The zero-order chi connectivity index (χ0) is 8.04. The smallest absolute Gasteiger partial charge is 0.150 e. The minimum atomic E-state index is -2.75. The van der Waals surface area contributed by atoms with E-state index in [1.165, 1.54) is 0 Å². The Morgan fingerprint density at radius 2 is 1.90 bits per heavy atom. The van der Waals surface area contributed by atoms with Crippen molar-refractivity contribution in [3.8, 4) is 0 Å². The van der Waals surface area contributed by atoms with Crippen LogP contribution in [0.4, 0.5) is 0 Å². The second-order valence-corrected chi connectivity index (χ2v) is 4.98. The molecule has 0 saturated heterocycles. The Morgan fingerprint density at radius 1 is 1.30 bits per heavy atom. The molecule has 10 heavy (non-hydrogen) atoms. The Hall–Kier alpha value is 0.240. The third-order valence-electron chi connectivity index (χ3n) is 1.28. The van der Waals surface area contributed by atoms with Crippen LogP contribution in [-0.2, 0) is 9.84 Å². The molecule has 0 aromatic heterocycles. The molecule has 0 radical (unpaired) electrons. The number of halogens is 1. The van der Waals surface area contributed by atoms with Crippen LogP contribution in [0, 0.1) is 0 Å². The van der Waals surface area contributed by atoms with E-state index in [4.69, 9.17) is 11.6 Å². The maximum Gasteiger partial charge on any atom is 0.150 e. The van der Waals surface area contributed by atoms with Gasteiger partial charge in [-0.05, 0) is 12.8 Å². The number of sulfone groups is 1. The Morgan fingerprint density at radius 3 is 2.30 bits per heavy atom. The van der Waals surface area contributed by atoms with Crippen molar-refractivity contribution in [2.45, 2.75) is 19.8 Å². The maximum atomic E-state index is 10.8. The Labute approximate surface area is 67.5 Å². The molecule has 0 aromatic carbocycles. The van der Waals surface area contributed by atoms with E-state index < -0.39 is 9.84 Å². The minimum Gasteiger partial charge on any atom is -0.229 e. The molecule has 0 aliphatic heterocycles. The lowest BCUT2D eigenvalue weighted by Crippen LogP contribution is -2.08. The molecule has 0 atom stereocenters. The van der Waals surface area contributed by atoms with Gasteiger partial charge in [0.1, 0.15) is 9.84 Å². The molecule has 4 heteroatoms. The van der Waals surface area contributed by atoms with E-state index >= 15 is 0 Å². The lowest BCUT2D eigenvalue weighted by atomic mass is 10.4. The van der Waals surface area contributed by atoms with Crippen molar-refractivity contribution in [2.75, 3.05) is 17.4 Å². The van der Waals surface area contributed by atoms with Crippen molar-refractivity contribution in [1.82, 2.24) is 0 Å². The summed E-state index contributed by atoms with van der Waals surface area (Å²) in [6.07, 6.45) is 1.49. The number of hydrogen-bond donors (Lipinski definition) is 0. The fraction of sp³-hybridized carbons (Fsp3) is 1.00. The first-order valence-corrected chi connectivity index (χ1v) is 5.74. The van der Waals surface area contributed by atoms with Gasteiger partial charge >= 0.3 is 0 Å². The number of alkyl halides is 1. The summed E-state index contributed by atoms with van der Waals surface area (Å²) in [7, 11) is -2.75. The van der Waals surface area contributed by atoms with Gasteiger partial charge in [-0.25, -0.2) is 8.42 Å². The monoisotopic (exact) mass is 184 g/mol. The molecule has 0 unspecified atom stereocenters. The molecule has 0 aliphatic rings. The summed E-state index contributed by atoms with van der Waals surface area (Å²) in [4.78, 5) is 0. The van der Waals surface area contributed by atoms with Gasteiger partial charge in [0.25, 0.3) is 0 Å². The van der Waals surface area contributed by atoms with Crippen molar-refractivity contribution in [2.24, 2.45) is 0 Å².